The van der Waals surface area contributed by atoms with Crippen LogP contribution in [0.1, 0.15) is 58.4 Å². The molecule has 2 aliphatic heterocycles. The Labute approximate surface area is 279 Å². The predicted octanol–water partition coefficient (Wildman–Crippen LogP) is 3.63. The maximum Gasteiger partial charge on any atom is 0.344 e. The van der Waals surface area contributed by atoms with Crippen LogP contribution in [0.2, 0.25) is 0 Å². The van der Waals surface area contributed by atoms with Gasteiger partial charge in [-0.2, -0.15) is 8.42 Å². The number of unbranched alkanes of at least 4 members (excludes halogenated alkanes) is 2. The third-order valence-corrected chi connectivity index (χ3v) is 9.50. The summed E-state index contributed by atoms with van der Waals surface area (Å²) >= 11 is 0. The molecule has 3 amide bonds. The van der Waals surface area contributed by atoms with Crippen molar-refractivity contribution >= 4 is 50.1 Å². The van der Waals surface area contributed by atoms with Gasteiger partial charge in [0, 0.05) is 85.0 Å². The van der Waals surface area contributed by atoms with Crippen LogP contribution in [0, 0.1) is 0 Å². The van der Waals surface area contributed by atoms with Gasteiger partial charge >= 0.3 is 5.63 Å². The molecule has 3 aromatic rings. The first kappa shape index (κ1) is 34.7. The molecule has 5 rings (SSSR count). The number of nitrogens with one attached hydrogen (secondary N) is 1. The summed E-state index contributed by atoms with van der Waals surface area (Å²) in [5, 5.41) is 3.52. The third-order valence-electron chi connectivity index (χ3n) is 8.70. The van der Waals surface area contributed by atoms with E-state index in [1.165, 1.54) is 12.2 Å². The van der Waals surface area contributed by atoms with E-state index in [0.29, 0.717) is 30.5 Å². The van der Waals surface area contributed by atoms with Gasteiger partial charge < -0.3 is 14.6 Å². The largest absolute Gasteiger partial charge is 0.422 e. The molecule has 12 nitrogen and oxygen atoms in total. The lowest BCUT2D eigenvalue weighted by Crippen LogP contribution is -2.46. The molecule has 0 radical (unpaired) electrons. The molecule has 4 heterocycles. The minimum absolute atomic E-state index is 0.114. The summed E-state index contributed by atoms with van der Waals surface area (Å²) in [5.74, 6) is -1.18. The highest BCUT2D eigenvalue weighted by Gasteiger charge is 2.32. The van der Waals surface area contributed by atoms with Crippen LogP contribution in [0.3, 0.4) is 0 Å². The topological polar surface area (TPSA) is 158 Å². The summed E-state index contributed by atoms with van der Waals surface area (Å²) in [6, 6.07) is 9.41. The van der Waals surface area contributed by atoms with Crippen LogP contribution >= 0.6 is 0 Å². The standard InChI is InChI=1S/C35H40N4O8S/c1-24-23-35(2,3)39(15-7-19-48(44,45)46)29-22-30-26(20-27(24)29)21-28(34(43)47-30)25-11-16-37(17-12-25)14-6-4-5-8-31(40)36-13-18-38-32(41)9-10-33(38)42/h9-12,16-17,20-23H,4-8,13-15,18-19H2,1-3H3,(H-,36,40,44,45,46)/p+1. The number of allylic oxidation sites excluding steroid dienone is 1. The molecular weight excluding hydrogens is 636 g/mol. The second-order valence-electron chi connectivity index (χ2n) is 12.8. The monoisotopic (exact) mass is 677 g/mol. The fourth-order valence-corrected chi connectivity index (χ4v) is 6.79. The Hall–Kier alpha value is -4.62. The van der Waals surface area contributed by atoms with E-state index in [-0.39, 0.29) is 43.0 Å². The smallest absolute Gasteiger partial charge is 0.344 e. The first-order valence-electron chi connectivity index (χ1n) is 16.1. The molecule has 2 aromatic heterocycles. The zero-order valence-electron chi connectivity index (χ0n) is 27.4. The zero-order valence-corrected chi connectivity index (χ0v) is 28.2. The van der Waals surface area contributed by atoms with Gasteiger partial charge in [0.15, 0.2) is 12.4 Å². The van der Waals surface area contributed by atoms with Crippen molar-refractivity contribution in [1.29, 1.82) is 0 Å². The lowest BCUT2D eigenvalue weighted by atomic mass is 9.88. The van der Waals surface area contributed by atoms with E-state index in [0.717, 1.165) is 52.1 Å². The third kappa shape index (κ3) is 8.26. The van der Waals surface area contributed by atoms with Crippen molar-refractivity contribution in [1.82, 2.24) is 10.2 Å². The summed E-state index contributed by atoms with van der Waals surface area (Å²) in [6.45, 7) is 7.61. The Morgan fingerprint density at radius 2 is 1.65 bits per heavy atom. The van der Waals surface area contributed by atoms with Gasteiger partial charge in [0.2, 0.25) is 5.91 Å². The average Bonchev–Trinajstić information content (AvgIpc) is 3.33. The number of aryl methyl sites for hydroxylation is 1. The minimum Gasteiger partial charge on any atom is -0.422 e. The van der Waals surface area contributed by atoms with E-state index in [2.05, 4.69) is 16.3 Å². The predicted molar refractivity (Wildman–Crippen MR) is 182 cm³/mol. The van der Waals surface area contributed by atoms with Crippen molar-refractivity contribution < 1.29 is 36.3 Å². The second kappa shape index (κ2) is 14.2. The Morgan fingerprint density at radius 1 is 0.958 bits per heavy atom. The fraction of sp³-hybridized carbons (Fsp3) is 0.400. The number of carbonyl (C=O) groups is 3. The molecule has 2 aliphatic rings. The van der Waals surface area contributed by atoms with E-state index in [1.54, 1.807) is 0 Å². The zero-order chi connectivity index (χ0) is 34.6. The van der Waals surface area contributed by atoms with Gasteiger partial charge in [0.1, 0.15) is 12.1 Å². The molecule has 0 saturated carbocycles. The number of aromatic nitrogens is 1. The number of fused-ring (bicyclic) bond motifs is 2. The first-order valence-corrected chi connectivity index (χ1v) is 17.7. The number of imide groups is 1. The summed E-state index contributed by atoms with van der Waals surface area (Å²) < 4.78 is 39.7. The Morgan fingerprint density at radius 3 is 2.33 bits per heavy atom. The molecule has 48 heavy (non-hydrogen) atoms. The maximum atomic E-state index is 13.1. The number of rotatable bonds is 14. The number of benzene rings is 1. The van der Waals surface area contributed by atoms with Crippen LogP contribution in [-0.4, -0.2) is 66.5 Å². The molecule has 13 heteroatoms. The Balaban J connectivity index is 1.17. The lowest BCUT2D eigenvalue weighted by Gasteiger charge is -2.43. The van der Waals surface area contributed by atoms with Crippen LogP contribution in [0.25, 0.3) is 27.7 Å². The normalized spacial score (nSPS) is 15.6. The van der Waals surface area contributed by atoms with Gasteiger partial charge in [0.25, 0.3) is 21.9 Å². The molecule has 254 valence electrons. The maximum absolute atomic E-state index is 13.1. The average molecular weight is 678 g/mol. The fourth-order valence-electron chi connectivity index (χ4n) is 6.30. The number of pyridine rings is 1. The van der Waals surface area contributed by atoms with Crippen LogP contribution in [0.5, 0.6) is 0 Å². The van der Waals surface area contributed by atoms with Crippen molar-refractivity contribution in [3.05, 3.63) is 76.9 Å². The SMILES string of the molecule is CC1=CC(C)(C)N(CCCS(=O)(=O)O)c2cc3oc(=O)c(-c4cc[n+](CCCCCC(=O)NCCN5C(=O)C=CC5=O)cc4)cc3cc21. The molecule has 1 aromatic carbocycles. The summed E-state index contributed by atoms with van der Waals surface area (Å²) in [6.07, 6.45) is 11.4. The van der Waals surface area contributed by atoms with Crippen molar-refractivity contribution in [2.75, 3.05) is 30.3 Å². The van der Waals surface area contributed by atoms with Crippen LogP contribution < -0.4 is 20.4 Å². The molecule has 0 unspecified atom stereocenters. The Kier molecular flexibility index (Phi) is 10.3. The number of hydrogen-bond donors (Lipinski definition) is 2. The van der Waals surface area contributed by atoms with E-state index in [1.807, 2.05) is 68.1 Å². The molecule has 0 aliphatic carbocycles. The van der Waals surface area contributed by atoms with Gasteiger partial charge in [-0.15, -0.1) is 0 Å². The molecule has 0 saturated heterocycles. The number of hydrogen-bond acceptors (Lipinski definition) is 8. The molecule has 2 N–H and O–H groups in total. The molecule has 0 atom stereocenters. The summed E-state index contributed by atoms with van der Waals surface area (Å²) in [7, 11) is -4.08. The van der Waals surface area contributed by atoms with Gasteiger partial charge in [-0.3, -0.25) is 23.8 Å². The summed E-state index contributed by atoms with van der Waals surface area (Å²) in [4.78, 5) is 51.5. The molecule has 0 fully saturated rings. The van der Waals surface area contributed by atoms with Crippen molar-refractivity contribution in [2.24, 2.45) is 0 Å². The van der Waals surface area contributed by atoms with E-state index >= 15 is 0 Å². The van der Waals surface area contributed by atoms with Crippen molar-refractivity contribution in [3.63, 3.8) is 0 Å². The van der Waals surface area contributed by atoms with Gasteiger partial charge in [-0.05, 0) is 57.7 Å². The molecule has 0 bridgehead atoms. The van der Waals surface area contributed by atoms with Crippen LogP contribution in [0.15, 0.2) is 70.2 Å². The van der Waals surface area contributed by atoms with Crippen molar-refractivity contribution in [2.45, 2.75) is 65.0 Å². The highest BCUT2D eigenvalue weighted by Crippen LogP contribution is 2.41. The second-order valence-corrected chi connectivity index (χ2v) is 14.3. The van der Waals surface area contributed by atoms with E-state index < -0.39 is 21.3 Å². The van der Waals surface area contributed by atoms with Gasteiger partial charge in [-0.25, -0.2) is 9.36 Å². The lowest BCUT2D eigenvalue weighted by molar-refractivity contribution is -0.697. The number of nitrogens with zero attached hydrogens (tertiary/aromatic N) is 3. The number of carbonyl (C=O) groups excluding carboxylic acids is 3. The molecular formula is C35H41N4O8S+. The Bertz CT molecular complexity index is 1940. The van der Waals surface area contributed by atoms with Crippen LogP contribution in [-0.2, 0) is 31.0 Å². The summed E-state index contributed by atoms with van der Waals surface area (Å²) in [5.41, 5.74) is 3.58. The number of anilines is 1. The van der Waals surface area contributed by atoms with E-state index in [9.17, 15) is 32.1 Å². The van der Waals surface area contributed by atoms with Gasteiger partial charge in [0.05, 0.1) is 16.9 Å². The number of amides is 3. The van der Waals surface area contributed by atoms with Gasteiger partial charge in [-0.1, -0.05) is 6.08 Å². The first-order chi connectivity index (χ1) is 22.7. The highest BCUT2D eigenvalue weighted by atomic mass is 32.2. The molecule has 0 spiro atoms. The minimum atomic E-state index is -4.08. The van der Waals surface area contributed by atoms with E-state index in [4.69, 9.17) is 4.42 Å². The quantitative estimate of drug-likeness (QED) is 0.0855. The van der Waals surface area contributed by atoms with Crippen LogP contribution in [0.4, 0.5) is 5.69 Å². The highest BCUT2D eigenvalue weighted by molar-refractivity contribution is 7.85. The van der Waals surface area contributed by atoms with Crippen molar-refractivity contribution in [3.8, 4) is 11.1 Å².